The molecule has 94 valence electrons. The molecule has 0 amide bonds. The maximum Gasteiger partial charge on any atom is 0.315 e. The fourth-order valence-corrected chi connectivity index (χ4v) is 1.45. The number of hydrogen-bond acceptors (Lipinski definition) is 5. The van der Waals surface area contributed by atoms with Crippen molar-refractivity contribution >= 4 is 5.69 Å². The molecule has 0 aliphatic rings. The van der Waals surface area contributed by atoms with Gasteiger partial charge in [0.15, 0.2) is 5.75 Å². The Morgan fingerprint density at radius 1 is 1.53 bits per heavy atom. The second-order valence-corrected chi connectivity index (χ2v) is 3.44. The zero-order valence-electron chi connectivity index (χ0n) is 9.97. The van der Waals surface area contributed by atoms with E-state index >= 15 is 0 Å². The maximum absolute atomic E-state index is 10.9. The van der Waals surface area contributed by atoms with Crippen LogP contribution in [0.15, 0.2) is 12.1 Å². The number of aliphatic hydroxyl groups excluding tert-OH is 1. The molecule has 17 heavy (non-hydrogen) atoms. The first-order valence-electron chi connectivity index (χ1n) is 5.18. The average Bonchev–Trinajstić information content (AvgIpc) is 2.28. The number of ether oxygens (including phenoxy) is 2. The topological polar surface area (TPSA) is 81.8 Å². The molecule has 1 unspecified atom stereocenters. The molecule has 0 saturated carbocycles. The molecule has 0 fully saturated rings. The molecular weight excluding hydrogens is 226 g/mol. The second kappa shape index (κ2) is 5.49. The molecule has 0 bridgehead atoms. The standard InChI is InChI=1S/C11H15NO5/c1-4-17-10-6-8(7(2)13)5-9(12(14)15)11(10)16-3/h5-7,13H,4H2,1-3H3. The van der Waals surface area contributed by atoms with Gasteiger partial charge in [-0.2, -0.15) is 0 Å². The molecule has 0 aromatic heterocycles. The van der Waals surface area contributed by atoms with E-state index in [-0.39, 0.29) is 17.2 Å². The van der Waals surface area contributed by atoms with Crippen molar-refractivity contribution < 1.29 is 19.5 Å². The van der Waals surface area contributed by atoms with E-state index in [1.54, 1.807) is 13.0 Å². The maximum atomic E-state index is 10.9. The molecule has 0 aliphatic carbocycles. The lowest BCUT2D eigenvalue weighted by Crippen LogP contribution is -2.02. The molecule has 0 heterocycles. The first-order chi connectivity index (χ1) is 8.01. The first kappa shape index (κ1) is 13.2. The van der Waals surface area contributed by atoms with Crippen molar-refractivity contribution in [1.82, 2.24) is 0 Å². The third kappa shape index (κ3) is 2.85. The largest absolute Gasteiger partial charge is 0.490 e. The van der Waals surface area contributed by atoms with E-state index in [0.29, 0.717) is 12.2 Å². The van der Waals surface area contributed by atoms with Gasteiger partial charge in [0, 0.05) is 6.07 Å². The molecule has 1 aromatic rings. The smallest absolute Gasteiger partial charge is 0.315 e. The predicted molar refractivity (Wildman–Crippen MR) is 61.5 cm³/mol. The van der Waals surface area contributed by atoms with Gasteiger partial charge >= 0.3 is 5.69 Å². The van der Waals surface area contributed by atoms with Crippen LogP contribution in [0.25, 0.3) is 0 Å². The number of hydrogen-bond donors (Lipinski definition) is 1. The van der Waals surface area contributed by atoms with Crippen LogP contribution in [0.3, 0.4) is 0 Å². The van der Waals surface area contributed by atoms with E-state index in [4.69, 9.17) is 9.47 Å². The molecular formula is C11H15NO5. The Morgan fingerprint density at radius 3 is 2.59 bits per heavy atom. The lowest BCUT2D eigenvalue weighted by Gasteiger charge is -2.12. The third-order valence-electron chi connectivity index (χ3n) is 2.24. The van der Waals surface area contributed by atoms with Crippen LogP contribution in [-0.4, -0.2) is 23.7 Å². The van der Waals surface area contributed by atoms with Gasteiger partial charge in [-0.3, -0.25) is 10.1 Å². The van der Waals surface area contributed by atoms with Gasteiger partial charge in [-0.25, -0.2) is 0 Å². The fraction of sp³-hybridized carbons (Fsp3) is 0.455. The summed E-state index contributed by atoms with van der Waals surface area (Å²) >= 11 is 0. The van der Waals surface area contributed by atoms with Crippen LogP contribution < -0.4 is 9.47 Å². The monoisotopic (exact) mass is 241 g/mol. The summed E-state index contributed by atoms with van der Waals surface area (Å²) in [6.07, 6.45) is -0.807. The molecule has 1 atom stereocenters. The number of aliphatic hydroxyl groups is 1. The Labute approximate surface area is 98.9 Å². The van der Waals surface area contributed by atoms with Crippen molar-refractivity contribution in [3.05, 3.63) is 27.8 Å². The highest BCUT2D eigenvalue weighted by Crippen LogP contribution is 2.39. The van der Waals surface area contributed by atoms with Crippen molar-refractivity contribution in [2.24, 2.45) is 0 Å². The van der Waals surface area contributed by atoms with Crippen LogP contribution in [0.5, 0.6) is 11.5 Å². The van der Waals surface area contributed by atoms with E-state index in [0.717, 1.165) is 0 Å². The number of nitro groups is 1. The number of nitrogens with zero attached hydrogens (tertiary/aromatic N) is 1. The lowest BCUT2D eigenvalue weighted by molar-refractivity contribution is -0.385. The van der Waals surface area contributed by atoms with Gasteiger partial charge in [0.25, 0.3) is 0 Å². The zero-order chi connectivity index (χ0) is 13.0. The van der Waals surface area contributed by atoms with Crippen LogP contribution in [0.1, 0.15) is 25.5 Å². The molecule has 1 rings (SSSR count). The quantitative estimate of drug-likeness (QED) is 0.630. The molecule has 6 nitrogen and oxygen atoms in total. The third-order valence-corrected chi connectivity index (χ3v) is 2.24. The summed E-state index contributed by atoms with van der Waals surface area (Å²) in [7, 11) is 1.34. The molecule has 0 spiro atoms. The average molecular weight is 241 g/mol. The van der Waals surface area contributed by atoms with E-state index in [2.05, 4.69) is 0 Å². The summed E-state index contributed by atoms with van der Waals surface area (Å²) in [4.78, 5) is 10.3. The van der Waals surface area contributed by atoms with Gasteiger partial charge in [0.2, 0.25) is 5.75 Å². The minimum atomic E-state index is -0.807. The molecule has 0 saturated heterocycles. The van der Waals surface area contributed by atoms with Crippen molar-refractivity contribution in [3.63, 3.8) is 0 Å². The van der Waals surface area contributed by atoms with Gasteiger partial charge in [-0.15, -0.1) is 0 Å². The number of methoxy groups -OCH3 is 1. The molecule has 1 N–H and O–H groups in total. The summed E-state index contributed by atoms with van der Waals surface area (Å²) in [6.45, 7) is 3.65. The van der Waals surface area contributed by atoms with Crippen molar-refractivity contribution in [2.45, 2.75) is 20.0 Å². The normalized spacial score (nSPS) is 12.0. The van der Waals surface area contributed by atoms with Crippen LogP contribution >= 0.6 is 0 Å². The zero-order valence-corrected chi connectivity index (χ0v) is 9.97. The number of benzene rings is 1. The SMILES string of the molecule is CCOc1cc(C(C)O)cc([N+](=O)[O-])c1OC. The van der Waals surface area contributed by atoms with E-state index in [9.17, 15) is 15.2 Å². The molecule has 0 aliphatic heterocycles. The first-order valence-corrected chi connectivity index (χ1v) is 5.18. The lowest BCUT2D eigenvalue weighted by atomic mass is 10.1. The molecule has 1 aromatic carbocycles. The molecule has 0 radical (unpaired) electrons. The van der Waals surface area contributed by atoms with Crippen molar-refractivity contribution in [2.75, 3.05) is 13.7 Å². The minimum absolute atomic E-state index is 0.0706. The van der Waals surface area contributed by atoms with Crippen molar-refractivity contribution in [1.29, 1.82) is 0 Å². The van der Waals surface area contributed by atoms with Gasteiger partial charge in [0.05, 0.1) is 24.7 Å². The van der Waals surface area contributed by atoms with Gasteiger partial charge in [0.1, 0.15) is 0 Å². The van der Waals surface area contributed by atoms with Crippen LogP contribution in [0, 0.1) is 10.1 Å². The highest BCUT2D eigenvalue weighted by molar-refractivity contribution is 5.58. The summed E-state index contributed by atoms with van der Waals surface area (Å²) in [6, 6.07) is 2.83. The summed E-state index contributed by atoms with van der Waals surface area (Å²) in [5.74, 6) is 0.335. The van der Waals surface area contributed by atoms with Gasteiger partial charge in [-0.05, 0) is 25.5 Å². The highest BCUT2D eigenvalue weighted by atomic mass is 16.6. The number of nitro benzene ring substituents is 1. The van der Waals surface area contributed by atoms with E-state index in [1.807, 2.05) is 0 Å². The molecule has 6 heteroatoms. The number of rotatable bonds is 5. The van der Waals surface area contributed by atoms with Crippen molar-refractivity contribution in [3.8, 4) is 11.5 Å². The van der Waals surface area contributed by atoms with E-state index in [1.165, 1.54) is 20.1 Å². The van der Waals surface area contributed by atoms with Gasteiger partial charge < -0.3 is 14.6 Å². The summed E-state index contributed by atoms with van der Waals surface area (Å²) in [5, 5.41) is 20.4. The van der Waals surface area contributed by atoms with Crippen LogP contribution in [-0.2, 0) is 0 Å². The van der Waals surface area contributed by atoms with Gasteiger partial charge in [-0.1, -0.05) is 0 Å². The fourth-order valence-electron chi connectivity index (χ4n) is 1.45. The van der Waals surface area contributed by atoms with E-state index < -0.39 is 11.0 Å². The van der Waals surface area contributed by atoms with Crippen LogP contribution in [0.2, 0.25) is 0 Å². The Balaban J connectivity index is 3.39. The second-order valence-electron chi connectivity index (χ2n) is 3.44. The Kier molecular flexibility index (Phi) is 4.28. The Hall–Kier alpha value is -1.82. The highest BCUT2D eigenvalue weighted by Gasteiger charge is 2.22. The minimum Gasteiger partial charge on any atom is -0.490 e. The summed E-state index contributed by atoms with van der Waals surface area (Å²) < 4.78 is 10.2. The Bertz CT molecular complexity index is 417. The summed E-state index contributed by atoms with van der Waals surface area (Å²) in [5.41, 5.74) is 0.204. The Morgan fingerprint density at radius 2 is 2.18 bits per heavy atom. The van der Waals surface area contributed by atoms with Crippen LogP contribution in [0.4, 0.5) is 5.69 Å². The predicted octanol–water partition coefficient (Wildman–Crippen LogP) is 2.06.